The Morgan fingerprint density at radius 1 is 1.60 bits per heavy atom. The van der Waals surface area contributed by atoms with Gasteiger partial charge < -0.3 is 4.74 Å². The Morgan fingerprint density at radius 2 is 2.30 bits per heavy atom. The highest BCUT2D eigenvalue weighted by molar-refractivity contribution is 6.30. The first-order chi connectivity index (χ1) is 4.75. The number of aromatic nitrogens is 1. The molecular weight excluding hydrogens is 150 g/mol. The Kier molecular flexibility index (Phi) is 2.12. The minimum absolute atomic E-state index is 0.499. The van der Waals surface area contributed by atoms with Crippen LogP contribution < -0.4 is 4.74 Å². The minimum Gasteiger partial charge on any atom is -0.496 e. The van der Waals surface area contributed by atoms with E-state index in [0.717, 1.165) is 11.3 Å². The van der Waals surface area contributed by atoms with Gasteiger partial charge >= 0.3 is 0 Å². The summed E-state index contributed by atoms with van der Waals surface area (Å²) in [6, 6.07) is 1.78. The standard InChI is InChI=1S/C7H8ClNO/c1-5-6(10-2)3-4-9-7(5)8/h3-4H,1-2H3. The molecule has 0 saturated carbocycles. The molecule has 0 fully saturated rings. The second kappa shape index (κ2) is 2.88. The van der Waals surface area contributed by atoms with Crippen molar-refractivity contribution in [3.05, 3.63) is 23.0 Å². The molecule has 54 valence electrons. The molecule has 3 heteroatoms. The molecule has 0 saturated heterocycles. The van der Waals surface area contributed by atoms with Gasteiger partial charge in [-0.25, -0.2) is 4.98 Å². The van der Waals surface area contributed by atoms with Gasteiger partial charge in [-0.3, -0.25) is 0 Å². The fraction of sp³-hybridized carbons (Fsp3) is 0.286. The van der Waals surface area contributed by atoms with Crippen molar-refractivity contribution >= 4 is 11.6 Å². The monoisotopic (exact) mass is 157 g/mol. The third kappa shape index (κ3) is 1.21. The maximum atomic E-state index is 5.70. The average Bonchev–Trinajstić information content (AvgIpc) is 1.95. The van der Waals surface area contributed by atoms with E-state index in [1.807, 2.05) is 6.92 Å². The maximum absolute atomic E-state index is 5.70. The smallest absolute Gasteiger partial charge is 0.135 e. The van der Waals surface area contributed by atoms with Gasteiger partial charge in [0.25, 0.3) is 0 Å². The number of methoxy groups -OCH3 is 1. The predicted molar refractivity (Wildman–Crippen MR) is 40.5 cm³/mol. The van der Waals surface area contributed by atoms with Gasteiger partial charge in [0.1, 0.15) is 10.9 Å². The van der Waals surface area contributed by atoms with Crippen molar-refractivity contribution in [3.8, 4) is 5.75 Å². The summed E-state index contributed by atoms with van der Waals surface area (Å²) < 4.78 is 5.00. The zero-order valence-electron chi connectivity index (χ0n) is 5.89. The molecule has 10 heavy (non-hydrogen) atoms. The quantitative estimate of drug-likeness (QED) is 0.583. The van der Waals surface area contributed by atoms with Crippen molar-refractivity contribution in [3.63, 3.8) is 0 Å². The number of pyridine rings is 1. The molecule has 0 bridgehead atoms. The van der Waals surface area contributed by atoms with Crippen LogP contribution in [0.25, 0.3) is 0 Å². The van der Waals surface area contributed by atoms with Crippen LogP contribution in [0.4, 0.5) is 0 Å². The summed E-state index contributed by atoms with van der Waals surface area (Å²) in [7, 11) is 1.61. The summed E-state index contributed by atoms with van der Waals surface area (Å²) in [4.78, 5) is 3.87. The van der Waals surface area contributed by atoms with Gasteiger partial charge in [-0.05, 0) is 13.0 Å². The third-order valence-electron chi connectivity index (χ3n) is 1.31. The second-order valence-electron chi connectivity index (χ2n) is 1.93. The van der Waals surface area contributed by atoms with Gasteiger partial charge in [-0.15, -0.1) is 0 Å². The van der Waals surface area contributed by atoms with Crippen LogP contribution in [0.3, 0.4) is 0 Å². The van der Waals surface area contributed by atoms with Crippen LogP contribution in [-0.4, -0.2) is 12.1 Å². The van der Waals surface area contributed by atoms with E-state index in [2.05, 4.69) is 4.98 Å². The Labute approximate surface area is 64.8 Å². The van der Waals surface area contributed by atoms with Crippen LogP contribution in [0.5, 0.6) is 5.75 Å². The van der Waals surface area contributed by atoms with Gasteiger partial charge in [0.15, 0.2) is 0 Å². The van der Waals surface area contributed by atoms with E-state index < -0.39 is 0 Å². The van der Waals surface area contributed by atoms with Crippen molar-refractivity contribution in [2.24, 2.45) is 0 Å². The zero-order valence-corrected chi connectivity index (χ0v) is 6.64. The topological polar surface area (TPSA) is 22.1 Å². The number of rotatable bonds is 1. The lowest BCUT2D eigenvalue weighted by molar-refractivity contribution is 0.411. The minimum atomic E-state index is 0.499. The molecule has 0 unspecified atom stereocenters. The van der Waals surface area contributed by atoms with Crippen LogP contribution in [-0.2, 0) is 0 Å². The Hall–Kier alpha value is -0.760. The Balaban J connectivity index is 3.14. The summed E-state index contributed by atoms with van der Waals surface area (Å²) >= 11 is 5.70. The largest absolute Gasteiger partial charge is 0.496 e. The molecular formula is C7H8ClNO. The van der Waals surface area contributed by atoms with E-state index in [1.54, 1.807) is 19.4 Å². The molecule has 0 N–H and O–H groups in total. The van der Waals surface area contributed by atoms with E-state index in [4.69, 9.17) is 16.3 Å². The highest BCUT2D eigenvalue weighted by Crippen LogP contribution is 2.21. The normalized spacial score (nSPS) is 9.50. The lowest BCUT2D eigenvalue weighted by Crippen LogP contribution is -1.88. The van der Waals surface area contributed by atoms with Crippen LogP contribution in [0.2, 0.25) is 5.15 Å². The maximum Gasteiger partial charge on any atom is 0.135 e. The van der Waals surface area contributed by atoms with Crippen molar-refractivity contribution < 1.29 is 4.74 Å². The lowest BCUT2D eigenvalue weighted by atomic mass is 10.3. The first-order valence-corrected chi connectivity index (χ1v) is 3.28. The van der Waals surface area contributed by atoms with Crippen LogP contribution in [0.15, 0.2) is 12.3 Å². The fourth-order valence-corrected chi connectivity index (χ4v) is 0.864. The lowest BCUT2D eigenvalue weighted by Gasteiger charge is -2.02. The van der Waals surface area contributed by atoms with Crippen molar-refractivity contribution in [1.82, 2.24) is 4.98 Å². The molecule has 0 radical (unpaired) electrons. The van der Waals surface area contributed by atoms with Crippen LogP contribution in [0.1, 0.15) is 5.56 Å². The zero-order chi connectivity index (χ0) is 7.56. The average molecular weight is 158 g/mol. The molecule has 1 rings (SSSR count). The highest BCUT2D eigenvalue weighted by Gasteiger charge is 2.00. The molecule has 0 aliphatic rings. The third-order valence-corrected chi connectivity index (χ3v) is 1.69. The molecule has 0 aliphatic carbocycles. The van der Waals surface area contributed by atoms with Gasteiger partial charge in [-0.2, -0.15) is 0 Å². The molecule has 0 atom stereocenters. The molecule has 2 nitrogen and oxygen atoms in total. The molecule has 1 aromatic rings. The van der Waals surface area contributed by atoms with E-state index >= 15 is 0 Å². The molecule has 0 amide bonds. The van der Waals surface area contributed by atoms with Gasteiger partial charge in [0.05, 0.1) is 7.11 Å². The molecule has 1 heterocycles. The molecule has 0 spiro atoms. The van der Waals surface area contributed by atoms with Gasteiger partial charge in [0.2, 0.25) is 0 Å². The number of hydrogen-bond acceptors (Lipinski definition) is 2. The Morgan fingerprint density at radius 3 is 2.80 bits per heavy atom. The number of nitrogens with zero attached hydrogens (tertiary/aromatic N) is 1. The summed E-state index contributed by atoms with van der Waals surface area (Å²) in [5, 5.41) is 0.499. The Bertz CT molecular complexity index is 237. The first kappa shape index (κ1) is 7.35. The number of ether oxygens (including phenoxy) is 1. The van der Waals surface area contributed by atoms with Crippen LogP contribution >= 0.6 is 11.6 Å². The molecule has 1 aromatic heterocycles. The fourth-order valence-electron chi connectivity index (χ4n) is 0.715. The second-order valence-corrected chi connectivity index (χ2v) is 2.29. The molecule has 0 aromatic carbocycles. The van der Waals surface area contributed by atoms with Crippen molar-refractivity contribution in [1.29, 1.82) is 0 Å². The van der Waals surface area contributed by atoms with Crippen molar-refractivity contribution in [2.45, 2.75) is 6.92 Å². The van der Waals surface area contributed by atoms with E-state index in [1.165, 1.54) is 0 Å². The predicted octanol–water partition coefficient (Wildman–Crippen LogP) is 2.05. The van der Waals surface area contributed by atoms with Gasteiger partial charge in [0, 0.05) is 11.8 Å². The summed E-state index contributed by atoms with van der Waals surface area (Å²) in [6.07, 6.45) is 1.62. The van der Waals surface area contributed by atoms with E-state index in [-0.39, 0.29) is 0 Å². The van der Waals surface area contributed by atoms with E-state index in [0.29, 0.717) is 5.15 Å². The summed E-state index contributed by atoms with van der Waals surface area (Å²) in [5.74, 6) is 0.778. The number of halogens is 1. The first-order valence-electron chi connectivity index (χ1n) is 2.91. The summed E-state index contributed by atoms with van der Waals surface area (Å²) in [5.41, 5.74) is 0.881. The molecule has 0 aliphatic heterocycles. The summed E-state index contributed by atoms with van der Waals surface area (Å²) in [6.45, 7) is 1.87. The van der Waals surface area contributed by atoms with Crippen molar-refractivity contribution in [2.75, 3.05) is 7.11 Å². The van der Waals surface area contributed by atoms with Gasteiger partial charge in [-0.1, -0.05) is 11.6 Å². The number of hydrogen-bond donors (Lipinski definition) is 0. The SMILES string of the molecule is COc1ccnc(Cl)c1C. The van der Waals surface area contributed by atoms with Crippen LogP contribution in [0, 0.1) is 6.92 Å². The van der Waals surface area contributed by atoms with E-state index in [9.17, 15) is 0 Å². The highest BCUT2D eigenvalue weighted by atomic mass is 35.5.